The fourth-order valence-corrected chi connectivity index (χ4v) is 1.37. The molecule has 0 amide bonds. The van der Waals surface area contributed by atoms with Gasteiger partial charge < -0.3 is 4.98 Å². The largest absolute Gasteiger partial charge is 0.330 e. The van der Waals surface area contributed by atoms with E-state index in [4.69, 9.17) is 0 Å². The van der Waals surface area contributed by atoms with Crippen molar-refractivity contribution in [2.75, 3.05) is 0 Å². The van der Waals surface area contributed by atoms with Gasteiger partial charge in [0.25, 0.3) is 0 Å². The third kappa shape index (κ3) is 1.01. The predicted molar refractivity (Wildman–Crippen MR) is 43.7 cm³/mol. The van der Waals surface area contributed by atoms with E-state index in [0.717, 1.165) is 12.1 Å². The van der Waals surface area contributed by atoms with Crippen LogP contribution in [0.4, 0.5) is 8.78 Å². The van der Waals surface area contributed by atoms with E-state index in [1.54, 1.807) is 0 Å². The van der Waals surface area contributed by atoms with Gasteiger partial charge in [-0.05, 0) is 28.1 Å². The van der Waals surface area contributed by atoms with Gasteiger partial charge >= 0.3 is 0 Å². The van der Waals surface area contributed by atoms with Crippen LogP contribution in [0.2, 0.25) is 0 Å². The Morgan fingerprint density at radius 3 is 2.58 bits per heavy atom. The van der Waals surface area contributed by atoms with Crippen LogP contribution in [0.1, 0.15) is 0 Å². The van der Waals surface area contributed by atoms with Gasteiger partial charge in [0.2, 0.25) is 0 Å². The Kier molecular flexibility index (Phi) is 1.61. The second-order valence-electron chi connectivity index (χ2n) is 2.28. The molecule has 12 heavy (non-hydrogen) atoms. The average Bonchev–Trinajstić information content (AvgIpc) is 2.41. The van der Waals surface area contributed by atoms with E-state index < -0.39 is 11.6 Å². The number of rotatable bonds is 0. The number of H-pyrrole nitrogens is 1. The van der Waals surface area contributed by atoms with E-state index in [1.165, 1.54) is 0 Å². The molecule has 1 heterocycles. The second-order valence-corrected chi connectivity index (χ2v) is 3.03. The van der Waals surface area contributed by atoms with Crippen LogP contribution in [0.3, 0.4) is 0 Å². The lowest BCUT2D eigenvalue weighted by Crippen LogP contribution is -1.81. The first kappa shape index (κ1) is 7.67. The molecule has 0 aliphatic rings. The molecule has 2 aromatic rings. The van der Waals surface area contributed by atoms with Crippen LogP contribution in [-0.2, 0) is 0 Å². The third-order valence-corrected chi connectivity index (χ3v) is 1.89. The summed E-state index contributed by atoms with van der Waals surface area (Å²) in [6.07, 6.45) is 0. The molecule has 1 N–H and O–H groups in total. The normalized spacial score (nSPS) is 10.9. The molecule has 0 saturated carbocycles. The van der Waals surface area contributed by atoms with Gasteiger partial charge in [-0.3, -0.25) is 0 Å². The van der Waals surface area contributed by atoms with E-state index in [1.807, 2.05) is 0 Å². The van der Waals surface area contributed by atoms with E-state index in [-0.39, 0.29) is 11.0 Å². The number of fused-ring (bicyclic) bond motifs is 1. The van der Waals surface area contributed by atoms with Crippen molar-refractivity contribution < 1.29 is 8.78 Å². The van der Waals surface area contributed by atoms with Gasteiger partial charge in [-0.15, -0.1) is 0 Å². The topological polar surface area (TPSA) is 28.7 Å². The Morgan fingerprint density at radius 1 is 1.25 bits per heavy atom. The zero-order valence-corrected chi connectivity index (χ0v) is 7.32. The number of halogens is 3. The number of nitrogens with zero attached hydrogens (tertiary/aromatic N) is 1. The first-order valence-corrected chi connectivity index (χ1v) is 3.97. The Balaban J connectivity index is 2.93. The van der Waals surface area contributed by atoms with Gasteiger partial charge in [-0.2, -0.15) is 0 Å². The molecule has 2 rings (SSSR count). The lowest BCUT2D eigenvalue weighted by atomic mass is 10.3. The smallest absolute Gasteiger partial charge is 0.175 e. The van der Waals surface area contributed by atoms with Crippen LogP contribution in [0, 0.1) is 11.6 Å². The molecule has 62 valence electrons. The van der Waals surface area contributed by atoms with Crippen LogP contribution in [-0.4, -0.2) is 9.97 Å². The van der Waals surface area contributed by atoms with Crippen molar-refractivity contribution in [3.8, 4) is 0 Å². The van der Waals surface area contributed by atoms with Crippen molar-refractivity contribution in [1.82, 2.24) is 9.97 Å². The Labute approximate surface area is 74.7 Å². The number of hydrogen-bond donors (Lipinski definition) is 1. The van der Waals surface area contributed by atoms with Gasteiger partial charge in [0.15, 0.2) is 10.6 Å². The van der Waals surface area contributed by atoms with Crippen molar-refractivity contribution in [3.63, 3.8) is 0 Å². The molecule has 1 aromatic carbocycles. The van der Waals surface area contributed by atoms with Crippen LogP contribution >= 0.6 is 15.9 Å². The summed E-state index contributed by atoms with van der Waals surface area (Å²) in [5.41, 5.74) is 0.101. The molecule has 0 saturated heterocycles. The summed E-state index contributed by atoms with van der Waals surface area (Å²) >= 11 is 2.99. The van der Waals surface area contributed by atoms with Gasteiger partial charge in [-0.25, -0.2) is 13.8 Å². The standard InChI is InChI=1S/C7H3BrF2N2/c8-7-11-5-3(9)1-2-4(10)6(5)12-7/h1-2H,(H,11,12). The maximum absolute atomic E-state index is 12.9. The molecule has 0 bridgehead atoms. The summed E-state index contributed by atoms with van der Waals surface area (Å²) in [5.74, 6) is -1.04. The minimum absolute atomic E-state index is 0.0156. The van der Waals surface area contributed by atoms with Crippen LogP contribution in [0.15, 0.2) is 16.9 Å². The molecule has 0 spiro atoms. The highest BCUT2D eigenvalue weighted by atomic mass is 79.9. The average molecular weight is 233 g/mol. The summed E-state index contributed by atoms with van der Waals surface area (Å²) in [4.78, 5) is 6.28. The van der Waals surface area contributed by atoms with Crippen molar-refractivity contribution in [2.45, 2.75) is 0 Å². The highest BCUT2D eigenvalue weighted by molar-refractivity contribution is 9.10. The monoisotopic (exact) mass is 232 g/mol. The Bertz CT molecular complexity index is 399. The summed E-state index contributed by atoms with van der Waals surface area (Å²) in [5, 5.41) is 0. The van der Waals surface area contributed by atoms with E-state index in [2.05, 4.69) is 25.9 Å². The third-order valence-electron chi connectivity index (χ3n) is 1.52. The molecule has 0 radical (unpaired) electrons. The van der Waals surface area contributed by atoms with Crippen LogP contribution < -0.4 is 0 Å². The first-order chi connectivity index (χ1) is 5.68. The van der Waals surface area contributed by atoms with Gasteiger partial charge in [0.1, 0.15) is 16.9 Å². The molecule has 0 atom stereocenters. The van der Waals surface area contributed by atoms with Crippen molar-refractivity contribution in [3.05, 3.63) is 28.5 Å². The second kappa shape index (κ2) is 2.52. The van der Waals surface area contributed by atoms with Crippen molar-refractivity contribution >= 4 is 27.0 Å². The van der Waals surface area contributed by atoms with Gasteiger partial charge in [-0.1, -0.05) is 0 Å². The van der Waals surface area contributed by atoms with Crippen LogP contribution in [0.25, 0.3) is 11.0 Å². The molecule has 5 heteroatoms. The minimum Gasteiger partial charge on any atom is -0.330 e. The molecule has 1 aromatic heterocycles. The molecule has 0 fully saturated rings. The molecular weight excluding hydrogens is 230 g/mol. The molecule has 0 aliphatic carbocycles. The fourth-order valence-electron chi connectivity index (χ4n) is 0.999. The summed E-state index contributed by atoms with van der Waals surface area (Å²) in [6.45, 7) is 0. The fraction of sp³-hybridized carbons (Fsp3) is 0. The maximum atomic E-state index is 12.9. The maximum Gasteiger partial charge on any atom is 0.175 e. The van der Waals surface area contributed by atoms with E-state index in [9.17, 15) is 8.78 Å². The number of imidazole rings is 1. The number of aromatic nitrogens is 2. The predicted octanol–water partition coefficient (Wildman–Crippen LogP) is 2.60. The Hall–Kier alpha value is -0.970. The molecule has 2 nitrogen and oxygen atoms in total. The highest BCUT2D eigenvalue weighted by Crippen LogP contribution is 2.20. The van der Waals surface area contributed by atoms with Gasteiger partial charge in [0.05, 0.1) is 0 Å². The lowest BCUT2D eigenvalue weighted by Gasteiger charge is -1.90. The highest BCUT2D eigenvalue weighted by Gasteiger charge is 2.09. The summed E-state index contributed by atoms with van der Waals surface area (Å²) in [7, 11) is 0. The summed E-state index contributed by atoms with van der Waals surface area (Å²) in [6, 6.07) is 2.10. The number of nitrogens with one attached hydrogen (secondary N) is 1. The molecule has 0 unspecified atom stereocenters. The number of benzene rings is 1. The minimum atomic E-state index is -0.534. The van der Waals surface area contributed by atoms with Crippen molar-refractivity contribution in [1.29, 1.82) is 0 Å². The molecular formula is C7H3BrF2N2. The SMILES string of the molecule is Fc1ccc(F)c2[nH]c(Br)nc12. The quantitative estimate of drug-likeness (QED) is 0.744. The van der Waals surface area contributed by atoms with E-state index in [0.29, 0.717) is 4.73 Å². The summed E-state index contributed by atoms with van der Waals surface area (Å²) < 4.78 is 26.2. The van der Waals surface area contributed by atoms with Crippen LogP contribution in [0.5, 0.6) is 0 Å². The molecule has 0 aliphatic heterocycles. The van der Waals surface area contributed by atoms with E-state index >= 15 is 0 Å². The zero-order valence-electron chi connectivity index (χ0n) is 5.74. The number of hydrogen-bond acceptors (Lipinski definition) is 1. The van der Waals surface area contributed by atoms with Gasteiger partial charge in [0, 0.05) is 0 Å². The lowest BCUT2D eigenvalue weighted by molar-refractivity contribution is 0.615. The zero-order chi connectivity index (χ0) is 8.72. The van der Waals surface area contributed by atoms with Crippen molar-refractivity contribution in [2.24, 2.45) is 0 Å². The first-order valence-electron chi connectivity index (χ1n) is 3.17. The Morgan fingerprint density at radius 2 is 1.92 bits per heavy atom. The number of aromatic amines is 1.